The number of carboxylic acid groups (broad SMARTS) is 1. The highest BCUT2D eigenvalue weighted by molar-refractivity contribution is 6.74. The van der Waals surface area contributed by atoms with Crippen LogP contribution in [0.15, 0.2) is 0 Å². The minimum absolute atomic E-state index is 0.0112. The van der Waals surface area contributed by atoms with Crippen molar-refractivity contribution in [3.8, 4) is 0 Å². The predicted octanol–water partition coefficient (Wildman–Crippen LogP) is 2.38. The highest BCUT2D eigenvalue weighted by Crippen LogP contribution is 2.42. The van der Waals surface area contributed by atoms with Crippen LogP contribution in [0.1, 0.15) is 33.6 Å². The normalized spacial score (nSPS) is 28.4. The maximum atomic E-state index is 11.0. The van der Waals surface area contributed by atoms with Gasteiger partial charge in [0.15, 0.2) is 8.32 Å². The number of rotatable bonds is 4. The van der Waals surface area contributed by atoms with Crippen molar-refractivity contribution in [2.24, 2.45) is 0 Å². The van der Waals surface area contributed by atoms with Crippen LogP contribution in [0, 0.1) is 0 Å². The van der Waals surface area contributed by atoms with E-state index in [0.29, 0.717) is 19.1 Å². The smallest absolute Gasteiger partial charge is 0.405 e. The number of carbonyl (C=O) groups excluding carboxylic acids is 1. The molecule has 1 aliphatic rings. The molecule has 0 radical (unpaired) electrons. The van der Waals surface area contributed by atoms with Gasteiger partial charge < -0.3 is 19.6 Å². The Labute approximate surface area is 109 Å². The standard InChI is InChI=1S/C12H23NO4Si/c1-11(2,3)18(4,5)17-9-6-12(7-9,8-14)13-10(15)16/h8-9,13H,6-7H2,1-5H3,(H,15,16). The summed E-state index contributed by atoms with van der Waals surface area (Å²) in [5.74, 6) is 0. The van der Waals surface area contributed by atoms with Crippen molar-refractivity contribution >= 4 is 20.7 Å². The molecule has 0 bridgehead atoms. The van der Waals surface area contributed by atoms with Gasteiger partial charge in [0, 0.05) is 12.8 Å². The van der Waals surface area contributed by atoms with Crippen molar-refractivity contribution in [2.75, 3.05) is 0 Å². The van der Waals surface area contributed by atoms with Crippen LogP contribution in [0.5, 0.6) is 0 Å². The van der Waals surface area contributed by atoms with E-state index in [0.717, 1.165) is 0 Å². The number of nitrogens with one attached hydrogen (secondary N) is 1. The van der Waals surface area contributed by atoms with Crippen LogP contribution in [-0.4, -0.2) is 37.4 Å². The fraction of sp³-hybridized carbons (Fsp3) is 0.833. The van der Waals surface area contributed by atoms with Gasteiger partial charge in [-0.1, -0.05) is 20.8 Å². The van der Waals surface area contributed by atoms with E-state index in [1.165, 1.54) is 0 Å². The van der Waals surface area contributed by atoms with Crippen LogP contribution < -0.4 is 5.32 Å². The van der Waals surface area contributed by atoms with Crippen LogP contribution in [-0.2, 0) is 9.22 Å². The molecule has 0 aromatic carbocycles. The largest absolute Gasteiger partial charge is 0.465 e. The fourth-order valence-electron chi connectivity index (χ4n) is 1.87. The number of aldehydes is 1. The summed E-state index contributed by atoms with van der Waals surface area (Å²) < 4.78 is 6.12. The van der Waals surface area contributed by atoms with Crippen LogP contribution in [0.2, 0.25) is 18.1 Å². The Morgan fingerprint density at radius 1 is 1.44 bits per heavy atom. The van der Waals surface area contributed by atoms with E-state index in [9.17, 15) is 9.59 Å². The second kappa shape index (κ2) is 4.66. The van der Waals surface area contributed by atoms with Crippen LogP contribution in [0.25, 0.3) is 0 Å². The molecule has 18 heavy (non-hydrogen) atoms. The molecule has 1 rings (SSSR count). The number of hydrogen-bond acceptors (Lipinski definition) is 3. The van der Waals surface area contributed by atoms with Gasteiger partial charge in [0.05, 0.1) is 6.10 Å². The third-order valence-corrected chi connectivity index (χ3v) is 8.57. The maximum absolute atomic E-state index is 11.0. The van der Waals surface area contributed by atoms with Crippen LogP contribution >= 0.6 is 0 Å². The molecule has 0 aliphatic heterocycles. The van der Waals surface area contributed by atoms with Gasteiger partial charge in [0.1, 0.15) is 11.8 Å². The van der Waals surface area contributed by atoms with Crippen molar-refractivity contribution in [1.29, 1.82) is 0 Å². The minimum atomic E-state index is -1.84. The minimum Gasteiger partial charge on any atom is -0.465 e. The van der Waals surface area contributed by atoms with E-state index in [2.05, 4.69) is 39.2 Å². The van der Waals surface area contributed by atoms with Crippen molar-refractivity contribution in [2.45, 2.75) is 63.4 Å². The Balaban J connectivity index is 2.57. The highest BCUT2D eigenvalue weighted by Gasteiger charge is 2.50. The summed E-state index contributed by atoms with van der Waals surface area (Å²) >= 11 is 0. The summed E-state index contributed by atoms with van der Waals surface area (Å²) in [5, 5.41) is 11.1. The zero-order valence-electron chi connectivity index (χ0n) is 11.7. The molecule has 5 nitrogen and oxygen atoms in total. The molecule has 0 spiro atoms. The van der Waals surface area contributed by atoms with E-state index in [-0.39, 0.29) is 11.1 Å². The zero-order chi connectivity index (χ0) is 14.2. The first-order valence-electron chi connectivity index (χ1n) is 6.17. The monoisotopic (exact) mass is 273 g/mol. The SMILES string of the molecule is CC(C)(C)[Si](C)(C)OC1CC(C=O)(NC(=O)O)C1. The fourth-order valence-corrected chi connectivity index (χ4v) is 3.22. The lowest BCUT2D eigenvalue weighted by Gasteiger charge is -2.48. The molecule has 1 aliphatic carbocycles. The summed E-state index contributed by atoms with van der Waals surface area (Å²) in [6.45, 7) is 10.8. The van der Waals surface area contributed by atoms with Gasteiger partial charge in [-0.25, -0.2) is 4.79 Å². The lowest BCUT2D eigenvalue weighted by Crippen LogP contribution is -2.63. The quantitative estimate of drug-likeness (QED) is 0.609. The molecule has 0 saturated heterocycles. The average molecular weight is 273 g/mol. The van der Waals surface area contributed by atoms with E-state index < -0.39 is 19.9 Å². The summed E-state index contributed by atoms with van der Waals surface area (Å²) in [7, 11) is -1.84. The topological polar surface area (TPSA) is 75.6 Å². The third kappa shape index (κ3) is 3.11. The molecule has 1 amide bonds. The lowest BCUT2D eigenvalue weighted by atomic mass is 9.75. The van der Waals surface area contributed by atoms with E-state index in [4.69, 9.17) is 9.53 Å². The van der Waals surface area contributed by atoms with Crippen LogP contribution in [0.4, 0.5) is 4.79 Å². The van der Waals surface area contributed by atoms with E-state index in [1.807, 2.05) is 0 Å². The molecule has 0 unspecified atom stereocenters. The molecule has 0 heterocycles. The van der Waals surface area contributed by atoms with Crippen LogP contribution in [0.3, 0.4) is 0 Å². The Bertz CT molecular complexity index is 342. The Morgan fingerprint density at radius 3 is 2.28 bits per heavy atom. The maximum Gasteiger partial charge on any atom is 0.405 e. The van der Waals surface area contributed by atoms with Gasteiger partial charge >= 0.3 is 6.09 Å². The van der Waals surface area contributed by atoms with Gasteiger partial charge in [0.2, 0.25) is 0 Å². The van der Waals surface area contributed by atoms with E-state index in [1.54, 1.807) is 0 Å². The second-order valence-electron chi connectivity index (χ2n) is 6.61. The first kappa shape index (κ1) is 15.2. The Hall–Kier alpha value is -0.883. The molecule has 0 aromatic heterocycles. The summed E-state index contributed by atoms with van der Waals surface area (Å²) in [4.78, 5) is 21.6. The van der Waals surface area contributed by atoms with Gasteiger partial charge in [-0.15, -0.1) is 0 Å². The molecular weight excluding hydrogens is 250 g/mol. The first-order chi connectivity index (χ1) is 8.01. The zero-order valence-corrected chi connectivity index (χ0v) is 12.7. The first-order valence-corrected chi connectivity index (χ1v) is 9.07. The number of carbonyl (C=O) groups is 2. The van der Waals surface area contributed by atoms with Crippen molar-refractivity contribution < 1.29 is 19.1 Å². The molecule has 6 heteroatoms. The molecule has 0 aromatic rings. The van der Waals surface area contributed by atoms with Crippen molar-refractivity contribution in [3.05, 3.63) is 0 Å². The Kier molecular flexibility index (Phi) is 3.93. The van der Waals surface area contributed by atoms with Crippen molar-refractivity contribution in [1.82, 2.24) is 5.32 Å². The molecule has 1 fully saturated rings. The molecular formula is C12H23NO4Si. The predicted molar refractivity (Wildman–Crippen MR) is 71.3 cm³/mol. The molecule has 0 atom stereocenters. The summed E-state index contributed by atoms with van der Waals surface area (Å²) in [6.07, 6.45) is 0.396. The van der Waals surface area contributed by atoms with E-state index >= 15 is 0 Å². The van der Waals surface area contributed by atoms with Gasteiger partial charge in [0.25, 0.3) is 0 Å². The highest BCUT2D eigenvalue weighted by atomic mass is 28.4. The van der Waals surface area contributed by atoms with Gasteiger partial charge in [-0.2, -0.15) is 0 Å². The van der Waals surface area contributed by atoms with Crippen molar-refractivity contribution in [3.63, 3.8) is 0 Å². The number of hydrogen-bond donors (Lipinski definition) is 2. The average Bonchev–Trinajstić information content (AvgIpc) is 2.10. The molecule has 2 N–H and O–H groups in total. The van der Waals surface area contributed by atoms with Gasteiger partial charge in [-0.05, 0) is 18.1 Å². The number of amides is 1. The summed E-state index contributed by atoms with van der Waals surface area (Å²) in [5.41, 5.74) is -0.932. The second-order valence-corrected chi connectivity index (χ2v) is 11.4. The van der Waals surface area contributed by atoms with Gasteiger partial charge in [-0.3, -0.25) is 0 Å². The molecule has 104 valence electrons. The summed E-state index contributed by atoms with van der Waals surface area (Å²) in [6, 6.07) is 0. The third-order valence-electron chi connectivity index (χ3n) is 4.03. The molecule has 1 saturated carbocycles. The lowest BCUT2D eigenvalue weighted by molar-refractivity contribution is -0.120. The Morgan fingerprint density at radius 2 is 1.94 bits per heavy atom.